The van der Waals surface area contributed by atoms with Gasteiger partial charge in [0.25, 0.3) is 0 Å². The van der Waals surface area contributed by atoms with Crippen LogP contribution < -0.4 is 5.32 Å². The molecular formula is C17H18Cl2N2. The van der Waals surface area contributed by atoms with Gasteiger partial charge in [0.1, 0.15) is 0 Å². The van der Waals surface area contributed by atoms with Gasteiger partial charge in [-0.1, -0.05) is 48.5 Å². The van der Waals surface area contributed by atoms with Crippen LogP contribution in [0.4, 0.5) is 0 Å². The fourth-order valence-corrected chi connectivity index (χ4v) is 2.27. The van der Waals surface area contributed by atoms with Crippen molar-refractivity contribution in [2.45, 2.75) is 13.1 Å². The summed E-state index contributed by atoms with van der Waals surface area (Å²) in [4.78, 5) is 4.31. The van der Waals surface area contributed by atoms with Crippen LogP contribution in [0.3, 0.4) is 0 Å². The Kier molecular flexibility index (Phi) is 7.17. The summed E-state index contributed by atoms with van der Waals surface area (Å²) in [6.07, 6.45) is 1.83. The van der Waals surface area contributed by atoms with Crippen LogP contribution >= 0.6 is 24.8 Å². The molecule has 0 radical (unpaired) electrons. The van der Waals surface area contributed by atoms with Gasteiger partial charge in [-0.2, -0.15) is 0 Å². The minimum atomic E-state index is 0. The van der Waals surface area contributed by atoms with Crippen molar-refractivity contribution in [3.05, 3.63) is 78.1 Å². The van der Waals surface area contributed by atoms with Gasteiger partial charge in [-0.3, -0.25) is 4.98 Å². The average molecular weight is 321 g/mol. The zero-order valence-electron chi connectivity index (χ0n) is 11.5. The van der Waals surface area contributed by atoms with Gasteiger partial charge >= 0.3 is 0 Å². The molecule has 3 aromatic rings. The lowest BCUT2D eigenvalue weighted by atomic mass is 10.0. The van der Waals surface area contributed by atoms with Crippen molar-refractivity contribution in [3.63, 3.8) is 0 Å². The third-order valence-electron chi connectivity index (χ3n) is 3.23. The molecule has 0 bridgehead atoms. The van der Waals surface area contributed by atoms with Crippen molar-refractivity contribution >= 4 is 35.6 Å². The number of rotatable bonds is 4. The second-order valence-electron chi connectivity index (χ2n) is 4.56. The Morgan fingerprint density at radius 2 is 1.52 bits per heavy atom. The maximum Gasteiger partial charge on any atom is 0.0541 e. The molecule has 4 heteroatoms. The Morgan fingerprint density at radius 1 is 0.762 bits per heavy atom. The Hall–Kier alpha value is -1.61. The molecule has 2 nitrogen and oxygen atoms in total. The lowest BCUT2D eigenvalue weighted by Crippen LogP contribution is -2.13. The van der Waals surface area contributed by atoms with E-state index in [-0.39, 0.29) is 24.8 Å². The Labute approximate surface area is 137 Å². The number of hydrogen-bond donors (Lipinski definition) is 1. The lowest BCUT2D eigenvalue weighted by Gasteiger charge is -2.08. The Bertz CT molecular complexity index is 666. The molecule has 0 fully saturated rings. The van der Waals surface area contributed by atoms with Crippen LogP contribution in [0, 0.1) is 0 Å². The molecule has 3 rings (SSSR count). The summed E-state index contributed by atoms with van der Waals surface area (Å²) < 4.78 is 0. The smallest absolute Gasteiger partial charge is 0.0541 e. The van der Waals surface area contributed by atoms with Crippen molar-refractivity contribution in [1.29, 1.82) is 0 Å². The Morgan fingerprint density at radius 3 is 2.33 bits per heavy atom. The van der Waals surface area contributed by atoms with Gasteiger partial charge in [0, 0.05) is 19.3 Å². The van der Waals surface area contributed by atoms with E-state index in [2.05, 4.69) is 52.8 Å². The maximum atomic E-state index is 4.31. The molecule has 0 aliphatic rings. The topological polar surface area (TPSA) is 24.9 Å². The van der Waals surface area contributed by atoms with Crippen LogP contribution in [0.25, 0.3) is 10.8 Å². The fourth-order valence-electron chi connectivity index (χ4n) is 2.27. The zero-order chi connectivity index (χ0) is 12.9. The monoisotopic (exact) mass is 320 g/mol. The minimum absolute atomic E-state index is 0. The molecule has 1 N–H and O–H groups in total. The molecule has 0 spiro atoms. The number of benzene rings is 2. The highest BCUT2D eigenvalue weighted by atomic mass is 35.5. The number of pyridine rings is 1. The predicted octanol–water partition coefficient (Wildman–Crippen LogP) is 4.37. The van der Waals surface area contributed by atoms with E-state index in [1.807, 2.05) is 24.4 Å². The molecule has 110 valence electrons. The summed E-state index contributed by atoms with van der Waals surface area (Å²) in [6, 6.07) is 20.9. The van der Waals surface area contributed by atoms with Crippen molar-refractivity contribution in [2.24, 2.45) is 0 Å². The van der Waals surface area contributed by atoms with E-state index in [1.54, 1.807) is 0 Å². The normalized spacial score (nSPS) is 9.71. The lowest BCUT2D eigenvalue weighted by molar-refractivity contribution is 0.682. The molecule has 0 aliphatic carbocycles. The van der Waals surface area contributed by atoms with Gasteiger partial charge in [-0.05, 0) is 28.5 Å². The second-order valence-corrected chi connectivity index (χ2v) is 4.56. The molecular weight excluding hydrogens is 303 g/mol. The van der Waals surface area contributed by atoms with Gasteiger partial charge in [-0.25, -0.2) is 0 Å². The number of fused-ring (bicyclic) bond motifs is 1. The van der Waals surface area contributed by atoms with Crippen LogP contribution in [0.2, 0.25) is 0 Å². The third-order valence-corrected chi connectivity index (χ3v) is 3.23. The summed E-state index contributed by atoms with van der Waals surface area (Å²) in [5, 5.41) is 6.06. The molecule has 0 unspecified atom stereocenters. The first kappa shape index (κ1) is 17.4. The molecule has 2 aromatic carbocycles. The molecule has 0 aliphatic heterocycles. The first-order valence-electron chi connectivity index (χ1n) is 6.51. The summed E-state index contributed by atoms with van der Waals surface area (Å²) >= 11 is 0. The minimum Gasteiger partial charge on any atom is -0.307 e. The van der Waals surface area contributed by atoms with Gasteiger partial charge in [0.15, 0.2) is 0 Å². The zero-order valence-corrected chi connectivity index (χ0v) is 13.2. The van der Waals surface area contributed by atoms with Crippen LogP contribution in [0.5, 0.6) is 0 Å². The van der Waals surface area contributed by atoms with Crippen molar-refractivity contribution in [2.75, 3.05) is 0 Å². The van der Waals surface area contributed by atoms with E-state index in [9.17, 15) is 0 Å². The summed E-state index contributed by atoms with van der Waals surface area (Å²) in [5.74, 6) is 0. The summed E-state index contributed by atoms with van der Waals surface area (Å²) in [5.41, 5.74) is 2.40. The van der Waals surface area contributed by atoms with Gasteiger partial charge < -0.3 is 5.32 Å². The Balaban J connectivity index is 0.00000110. The molecule has 0 saturated carbocycles. The molecule has 1 aromatic heterocycles. The molecule has 0 saturated heterocycles. The van der Waals surface area contributed by atoms with Crippen LogP contribution in [-0.4, -0.2) is 4.98 Å². The molecule has 0 amide bonds. The highest BCUT2D eigenvalue weighted by Gasteiger charge is 2.00. The number of nitrogens with zero attached hydrogens (tertiary/aromatic N) is 1. The maximum absolute atomic E-state index is 4.31. The number of nitrogens with one attached hydrogen (secondary N) is 1. The van der Waals surface area contributed by atoms with Crippen molar-refractivity contribution in [3.8, 4) is 0 Å². The number of hydrogen-bond acceptors (Lipinski definition) is 2. The van der Waals surface area contributed by atoms with Gasteiger partial charge in [-0.15, -0.1) is 24.8 Å². The highest BCUT2D eigenvalue weighted by molar-refractivity contribution is 5.86. The largest absolute Gasteiger partial charge is 0.307 e. The van der Waals surface area contributed by atoms with E-state index in [0.29, 0.717) is 0 Å². The predicted molar refractivity (Wildman–Crippen MR) is 93.2 cm³/mol. The number of halogens is 2. The third kappa shape index (κ3) is 4.43. The molecule has 1 heterocycles. The van der Waals surface area contributed by atoms with E-state index in [4.69, 9.17) is 0 Å². The quantitative estimate of drug-likeness (QED) is 0.772. The summed E-state index contributed by atoms with van der Waals surface area (Å²) in [6.45, 7) is 1.65. The van der Waals surface area contributed by atoms with Crippen LogP contribution in [-0.2, 0) is 13.1 Å². The number of aromatic nitrogens is 1. The first-order valence-corrected chi connectivity index (χ1v) is 6.51. The highest BCUT2D eigenvalue weighted by Crippen LogP contribution is 2.18. The van der Waals surface area contributed by atoms with Gasteiger partial charge in [0.2, 0.25) is 0 Å². The van der Waals surface area contributed by atoms with Crippen LogP contribution in [0.15, 0.2) is 66.9 Å². The van der Waals surface area contributed by atoms with Crippen molar-refractivity contribution < 1.29 is 0 Å². The summed E-state index contributed by atoms with van der Waals surface area (Å²) in [7, 11) is 0. The standard InChI is InChI=1S/C17H16N2.2ClH/c1-2-10-17-14(6-1)7-5-8-15(17)12-18-13-16-9-3-4-11-19-16;;/h1-11,18H,12-13H2;2*1H. The van der Waals surface area contributed by atoms with Gasteiger partial charge in [0.05, 0.1) is 5.69 Å². The van der Waals surface area contributed by atoms with E-state index < -0.39 is 0 Å². The average Bonchev–Trinajstić information content (AvgIpc) is 2.49. The second kappa shape index (κ2) is 8.63. The first-order chi connectivity index (χ1) is 9.43. The van der Waals surface area contributed by atoms with E-state index >= 15 is 0 Å². The SMILES string of the molecule is Cl.Cl.c1ccc(CNCc2cccc3ccccc23)nc1. The van der Waals surface area contributed by atoms with E-state index in [0.717, 1.165) is 18.8 Å². The fraction of sp³-hybridized carbons (Fsp3) is 0.118. The van der Waals surface area contributed by atoms with E-state index in [1.165, 1.54) is 16.3 Å². The van der Waals surface area contributed by atoms with Crippen LogP contribution in [0.1, 0.15) is 11.3 Å². The molecule has 0 atom stereocenters. The van der Waals surface area contributed by atoms with Crippen molar-refractivity contribution in [1.82, 2.24) is 10.3 Å². The molecule has 21 heavy (non-hydrogen) atoms.